The predicted molar refractivity (Wildman–Crippen MR) is 190 cm³/mol. The Bertz CT molecular complexity index is 1140. The van der Waals surface area contributed by atoms with E-state index in [4.69, 9.17) is 25.1 Å². The summed E-state index contributed by atoms with van der Waals surface area (Å²) in [6, 6.07) is 15.8. The lowest BCUT2D eigenvalue weighted by Gasteiger charge is -2.21. The van der Waals surface area contributed by atoms with Crippen LogP contribution in [0.3, 0.4) is 0 Å². The monoisotopic (exact) mass is 691 g/mol. The van der Waals surface area contributed by atoms with Gasteiger partial charge >= 0.3 is 17.9 Å². The molecule has 0 saturated heterocycles. The quantitative estimate of drug-likeness (QED) is 0.0301. The Morgan fingerprint density at radius 2 is 1.19 bits per heavy atom. The molecule has 4 N–H and O–H groups in total. The molecule has 262 valence electrons. The van der Waals surface area contributed by atoms with Crippen molar-refractivity contribution in [2.45, 2.75) is 87.3 Å². The van der Waals surface area contributed by atoms with Crippen LogP contribution in [0.15, 0.2) is 58.3 Å². The Balaban J connectivity index is 1.52. The normalized spacial score (nSPS) is 11.0. The molecule has 0 aromatic heterocycles. The molecule has 0 heterocycles. The first-order valence-electron chi connectivity index (χ1n) is 16.7. The van der Waals surface area contributed by atoms with Gasteiger partial charge in [-0.25, -0.2) is 0 Å². The van der Waals surface area contributed by atoms with Crippen LogP contribution in [0.1, 0.15) is 77.6 Å². The predicted octanol–water partition coefficient (Wildman–Crippen LogP) is 6.72. The zero-order valence-corrected chi connectivity index (χ0v) is 29.4. The van der Waals surface area contributed by atoms with E-state index in [0.717, 1.165) is 66.2 Å². The summed E-state index contributed by atoms with van der Waals surface area (Å²) in [5, 5.41) is 12.3. The highest BCUT2D eigenvalue weighted by Crippen LogP contribution is 2.37. The maximum absolute atomic E-state index is 12.3. The largest absolute Gasteiger partial charge is 0.466 e. The highest BCUT2D eigenvalue weighted by molar-refractivity contribution is 8.76. The van der Waals surface area contributed by atoms with Gasteiger partial charge in [0.15, 0.2) is 0 Å². The Morgan fingerprint density at radius 1 is 0.681 bits per heavy atom. The number of carbonyl (C=O) groups excluding carboxylic acids is 3. The van der Waals surface area contributed by atoms with E-state index in [9.17, 15) is 14.4 Å². The third kappa shape index (κ3) is 20.8. The average molecular weight is 692 g/mol. The van der Waals surface area contributed by atoms with E-state index in [1.165, 1.54) is 0 Å². The van der Waals surface area contributed by atoms with Gasteiger partial charge in [-0.2, -0.15) is 0 Å². The first-order valence-corrected chi connectivity index (χ1v) is 18.9. The van der Waals surface area contributed by atoms with E-state index >= 15 is 0 Å². The molecule has 2 rings (SSSR count). The van der Waals surface area contributed by atoms with Gasteiger partial charge in [0.05, 0.1) is 39.1 Å². The summed E-state index contributed by atoms with van der Waals surface area (Å²) in [6.07, 6.45) is 7.49. The summed E-state index contributed by atoms with van der Waals surface area (Å²) in [5.41, 5.74) is 7.42. The van der Waals surface area contributed by atoms with Gasteiger partial charge in [0.2, 0.25) is 0 Å². The van der Waals surface area contributed by atoms with Crippen LogP contribution in [-0.4, -0.2) is 80.5 Å². The topological polar surface area (TPSA) is 140 Å². The molecular formula is C35H53N3O7S2. The SMILES string of the molecule is CCCCCOC(=O)CCN(CCCCCO)CCC(=O)OCCCCOC(=O)CCNc1ccc(SSc2ccc(N)cc2)cc1. The molecule has 0 aliphatic carbocycles. The maximum atomic E-state index is 12.3. The summed E-state index contributed by atoms with van der Waals surface area (Å²) in [7, 11) is 3.34. The second-order valence-corrected chi connectivity index (χ2v) is 13.4. The molecule has 0 aliphatic heterocycles. The number of ether oxygens (including phenoxy) is 3. The van der Waals surface area contributed by atoms with Gasteiger partial charge in [-0.3, -0.25) is 14.4 Å². The zero-order chi connectivity index (χ0) is 34.0. The highest BCUT2D eigenvalue weighted by Gasteiger charge is 2.12. The molecule has 2 aromatic rings. The Hall–Kier alpha value is -2.93. The van der Waals surface area contributed by atoms with Crippen molar-refractivity contribution >= 4 is 50.9 Å². The van der Waals surface area contributed by atoms with Gasteiger partial charge in [-0.15, -0.1) is 0 Å². The van der Waals surface area contributed by atoms with Crippen LogP contribution in [0, 0.1) is 0 Å². The number of hydrogen-bond acceptors (Lipinski definition) is 12. The number of benzene rings is 2. The van der Waals surface area contributed by atoms with Crippen LogP contribution in [0.4, 0.5) is 11.4 Å². The van der Waals surface area contributed by atoms with Crippen molar-refractivity contribution < 1.29 is 33.7 Å². The molecule has 0 unspecified atom stereocenters. The lowest BCUT2D eigenvalue weighted by Crippen LogP contribution is -2.30. The summed E-state index contributed by atoms with van der Waals surface area (Å²) in [4.78, 5) is 40.8. The van der Waals surface area contributed by atoms with Crippen molar-refractivity contribution in [3.05, 3.63) is 48.5 Å². The van der Waals surface area contributed by atoms with E-state index in [1.807, 2.05) is 48.5 Å². The standard InChI is InChI=1S/C35H53N3O7S2/c1-2-3-7-26-44-34(41)19-23-38(22-5-4-6-25-39)24-20-35(42)45-28-9-8-27-43-33(40)18-21-37-30-12-16-32(17-13-30)47-46-31-14-10-29(36)11-15-31/h10-17,37,39H,2-9,18-28,36H2,1H3. The van der Waals surface area contributed by atoms with Crippen LogP contribution in [0.25, 0.3) is 0 Å². The fourth-order valence-electron chi connectivity index (χ4n) is 4.35. The van der Waals surface area contributed by atoms with Gasteiger partial charge in [-0.1, -0.05) is 41.4 Å². The first kappa shape index (κ1) is 40.2. The molecule has 0 atom stereocenters. The highest BCUT2D eigenvalue weighted by atomic mass is 33.1. The van der Waals surface area contributed by atoms with Gasteiger partial charge in [0.1, 0.15) is 0 Å². The maximum Gasteiger partial charge on any atom is 0.307 e. The number of hydrogen-bond donors (Lipinski definition) is 3. The number of nitrogens with one attached hydrogen (secondary N) is 1. The minimum Gasteiger partial charge on any atom is -0.466 e. The van der Waals surface area contributed by atoms with Crippen LogP contribution in [0.2, 0.25) is 0 Å². The van der Waals surface area contributed by atoms with Gasteiger partial charge < -0.3 is 35.3 Å². The van der Waals surface area contributed by atoms with Crippen molar-refractivity contribution in [3.8, 4) is 0 Å². The lowest BCUT2D eigenvalue weighted by molar-refractivity contribution is -0.146. The van der Waals surface area contributed by atoms with E-state index in [1.54, 1.807) is 21.6 Å². The third-order valence-electron chi connectivity index (χ3n) is 7.10. The number of carbonyl (C=O) groups is 3. The van der Waals surface area contributed by atoms with Crippen LogP contribution in [0.5, 0.6) is 0 Å². The van der Waals surface area contributed by atoms with Crippen molar-refractivity contribution in [1.29, 1.82) is 0 Å². The summed E-state index contributed by atoms with van der Waals surface area (Å²) < 4.78 is 16.0. The first-order chi connectivity index (χ1) is 22.9. The molecule has 12 heteroatoms. The Morgan fingerprint density at radius 3 is 1.72 bits per heavy atom. The Labute approximate surface area is 288 Å². The summed E-state index contributed by atoms with van der Waals surface area (Å²) in [5.74, 6) is -0.778. The second-order valence-electron chi connectivity index (χ2n) is 11.1. The molecule has 10 nitrogen and oxygen atoms in total. The van der Waals surface area contributed by atoms with E-state index in [-0.39, 0.29) is 57.0 Å². The van der Waals surface area contributed by atoms with Gasteiger partial charge in [-0.05, 0) is 93.6 Å². The number of aliphatic hydroxyl groups excluding tert-OH is 1. The molecule has 0 saturated carbocycles. The number of aliphatic hydroxyl groups is 1. The molecule has 0 radical (unpaired) electrons. The van der Waals surface area contributed by atoms with Crippen LogP contribution >= 0.6 is 21.6 Å². The average Bonchev–Trinajstić information content (AvgIpc) is 3.07. The van der Waals surface area contributed by atoms with Crippen molar-refractivity contribution in [2.24, 2.45) is 0 Å². The van der Waals surface area contributed by atoms with E-state index in [2.05, 4.69) is 17.1 Å². The van der Waals surface area contributed by atoms with Crippen molar-refractivity contribution in [1.82, 2.24) is 4.90 Å². The minimum absolute atomic E-state index is 0.161. The van der Waals surface area contributed by atoms with Gasteiger partial charge in [0, 0.05) is 47.4 Å². The van der Waals surface area contributed by atoms with Crippen molar-refractivity contribution in [2.75, 3.05) is 63.7 Å². The fraction of sp³-hybridized carbons (Fsp3) is 0.571. The van der Waals surface area contributed by atoms with Crippen LogP contribution < -0.4 is 11.1 Å². The van der Waals surface area contributed by atoms with E-state index < -0.39 is 0 Å². The number of anilines is 2. The molecule has 0 fully saturated rings. The molecule has 0 spiro atoms. The van der Waals surface area contributed by atoms with Gasteiger partial charge in [0.25, 0.3) is 0 Å². The number of rotatable bonds is 27. The minimum atomic E-state index is -0.289. The third-order valence-corrected chi connectivity index (χ3v) is 9.52. The summed E-state index contributed by atoms with van der Waals surface area (Å²) in [6.45, 7) is 5.51. The fourth-order valence-corrected chi connectivity index (χ4v) is 6.28. The lowest BCUT2D eigenvalue weighted by atomic mass is 10.2. The van der Waals surface area contributed by atoms with Crippen molar-refractivity contribution in [3.63, 3.8) is 0 Å². The smallest absolute Gasteiger partial charge is 0.307 e. The number of nitrogens with zero attached hydrogens (tertiary/aromatic N) is 1. The molecule has 0 aliphatic rings. The molecular weight excluding hydrogens is 639 g/mol. The number of nitrogens with two attached hydrogens (primary N) is 1. The van der Waals surface area contributed by atoms with E-state index in [0.29, 0.717) is 39.1 Å². The molecule has 0 bridgehead atoms. The molecule has 47 heavy (non-hydrogen) atoms. The summed E-state index contributed by atoms with van der Waals surface area (Å²) >= 11 is 0. The zero-order valence-electron chi connectivity index (χ0n) is 27.8. The van der Waals surface area contributed by atoms with Crippen LogP contribution in [-0.2, 0) is 28.6 Å². The number of nitrogen functional groups attached to an aromatic ring is 1. The number of unbranched alkanes of at least 4 members (excludes halogenated alkanes) is 5. The second kappa shape index (κ2) is 26.1. The number of esters is 3. The Kier molecular flexibility index (Phi) is 22.3. The molecule has 2 aromatic carbocycles. The molecule has 0 amide bonds.